The number of nitrogens with one attached hydrogen (secondary N) is 4. The first-order valence-electron chi connectivity index (χ1n) is 16.3. The summed E-state index contributed by atoms with van der Waals surface area (Å²) in [6.07, 6.45) is 16.2. The second kappa shape index (κ2) is 21.0. The van der Waals surface area contributed by atoms with Gasteiger partial charge in [-0.25, -0.2) is 0 Å². The zero-order chi connectivity index (χ0) is 32.2. The molecule has 4 amide bonds. The van der Waals surface area contributed by atoms with Gasteiger partial charge in [-0.05, 0) is 48.9 Å². The zero-order valence-electron chi connectivity index (χ0n) is 26.9. The fourth-order valence-corrected chi connectivity index (χ4v) is 4.81. The summed E-state index contributed by atoms with van der Waals surface area (Å²) in [7, 11) is 0. The minimum atomic E-state index is -0.572. The van der Waals surface area contributed by atoms with E-state index in [2.05, 4.69) is 31.2 Å². The second-order valence-electron chi connectivity index (χ2n) is 11.6. The molecule has 2 aromatic rings. The summed E-state index contributed by atoms with van der Waals surface area (Å²) in [5.74, 6) is -0.768. The van der Waals surface area contributed by atoms with Crippen LogP contribution in [0.2, 0.25) is 0 Å². The molecule has 2 heterocycles. The molecule has 2 aromatic heterocycles. The third kappa shape index (κ3) is 13.2. The van der Waals surface area contributed by atoms with E-state index in [4.69, 9.17) is 0 Å². The number of nitrogens with zero attached hydrogens (tertiary/aromatic N) is 2. The van der Waals surface area contributed by atoms with Crippen molar-refractivity contribution >= 4 is 23.6 Å². The van der Waals surface area contributed by atoms with Gasteiger partial charge in [-0.15, -0.1) is 0 Å². The summed E-state index contributed by atoms with van der Waals surface area (Å²) >= 11 is 0. The number of rotatable bonds is 21. The average Bonchev–Trinajstić information content (AvgIpc) is 3.06. The van der Waals surface area contributed by atoms with Gasteiger partial charge in [0.15, 0.2) is 0 Å². The van der Waals surface area contributed by atoms with E-state index in [-0.39, 0.29) is 35.5 Å². The van der Waals surface area contributed by atoms with Crippen molar-refractivity contribution in [1.82, 2.24) is 31.2 Å². The summed E-state index contributed by atoms with van der Waals surface area (Å²) < 4.78 is 0. The van der Waals surface area contributed by atoms with Crippen molar-refractivity contribution in [3.8, 4) is 0 Å². The van der Waals surface area contributed by atoms with Crippen molar-refractivity contribution in [2.45, 2.75) is 104 Å². The molecule has 44 heavy (non-hydrogen) atoms. The van der Waals surface area contributed by atoms with Gasteiger partial charge < -0.3 is 21.3 Å². The molecule has 4 atom stereocenters. The number of carbonyl (C=O) groups excluding carboxylic acids is 4. The number of hydrogen-bond donors (Lipinski definition) is 4. The van der Waals surface area contributed by atoms with E-state index < -0.39 is 12.1 Å². The second-order valence-corrected chi connectivity index (χ2v) is 11.6. The molecule has 0 aliphatic heterocycles. The van der Waals surface area contributed by atoms with Crippen molar-refractivity contribution in [3.05, 3.63) is 60.2 Å². The van der Waals surface area contributed by atoms with Gasteiger partial charge in [-0.3, -0.25) is 29.1 Å². The van der Waals surface area contributed by atoms with Crippen LogP contribution in [0.1, 0.15) is 113 Å². The summed E-state index contributed by atoms with van der Waals surface area (Å²) in [5, 5.41) is 11.8. The minimum absolute atomic E-state index is 0.0221. The predicted octanol–water partition coefficient (Wildman–Crippen LogP) is 4.82. The van der Waals surface area contributed by atoms with Gasteiger partial charge in [0.2, 0.25) is 11.8 Å². The Morgan fingerprint density at radius 1 is 0.568 bits per heavy atom. The lowest BCUT2D eigenvalue weighted by atomic mass is 9.97. The van der Waals surface area contributed by atoms with E-state index in [0.717, 1.165) is 64.2 Å². The van der Waals surface area contributed by atoms with E-state index in [0.29, 0.717) is 24.2 Å². The van der Waals surface area contributed by atoms with Crippen molar-refractivity contribution in [3.63, 3.8) is 0 Å². The molecule has 0 saturated carbocycles. The van der Waals surface area contributed by atoms with Crippen LogP contribution in [0.5, 0.6) is 0 Å². The molecule has 0 fully saturated rings. The van der Waals surface area contributed by atoms with E-state index in [9.17, 15) is 19.2 Å². The highest BCUT2D eigenvalue weighted by molar-refractivity contribution is 5.98. The van der Waals surface area contributed by atoms with Gasteiger partial charge in [0.25, 0.3) is 11.8 Å². The molecule has 2 rings (SSSR count). The lowest BCUT2D eigenvalue weighted by Crippen LogP contribution is -2.50. The van der Waals surface area contributed by atoms with Crippen molar-refractivity contribution in [2.75, 3.05) is 13.1 Å². The number of carbonyl (C=O) groups is 4. The Labute approximate surface area is 263 Å². The monoisotopic (exact) mass is 608 g/mol. The summed E-state index contributed by atoms with van der Waals surface area (Å²) in [5.41, 5.74) is 0.979. The number of hydrogen-bond acceptors (Lipinski definition) is 6. The van der Waals surface area contributed by atoms with Crippen LogP contribution in [0.4, 0.5) is 0 Å². The largest absolute Gasteiger partial charge is 0.354 e. The first-order chi connectivity index (χ1) is 21.3. The molecule has 0 radical (unpaired) electrons. The number of pyridine rings is 2. The van der Waals surface area contributed by atoms with E-state index in [1.165, 1.54) is 0 Å². The zero-order valence-corrected chi connectivity index (χ0v) is 26.9. The molecule has 0 saturated heterocycles. The Balaban J connectivity index is 1.56. The normalized spacial score (nSPS) is 13.6. The number of aromatic nitrogens is 2. The summed E-state index contributed by atoms with van der Waals surface area (Å²) in [6.45, 7) is 9.15. The van der Waals surface area contributed by atoms with E-state index in [1.54, 1.807) is 49.1 Å². The van der Waals surface area contributed by atoms with Crippen molar-refractivity contribution < 1.29 is 19.2 Å². The first kappa shape index (κ1) is 36.4. The molecule has 242 valence electrons. The highest BCUT2D eigenvalue weighted by atomic mass is 16.2. The molecule has 10 heteroatoms. The van der Waals surface area contributed by atoms with Crippen LogP contribution >= 0.6 is 0 Å². The van der Waals surface area contributed by atoms with Gasteiger partial charge in [0.1, 0.15) is 12.1 Å². The lowest BCUT2D eigenvalue weighted by molar-refractivity contribution is -0.124. The summed E-state index contributed by atoms with van der Waals surface area (Å²) in [4.78, 5) is 58.6. The Morgan fingerprint density at radius 2 is 0.886 bits per heavy atom. The standard InChI is InChI=1S/C34H52N6O4/c1-5-25(3)29(39-31(41)27-15-21-35-22-16-27)33(43)37-19-13-11-9-7-8-10-12-14-20-38-34(44)30(26(4)6-2)40-32(42)28-17-23-36-24-18-28/h15-18,21-26,29-30H,5-14,19-20H2,1-4H3,(H,37,43)(H,38,44)(H,39,41)(H,40,42)/t25?,26?,29-,30-/m0/s1. The Bertz CT molecular complexity index is 1040. The molecular formula is C34H52N6O4. The molecule has 10 nitrogen and oxygen atoms in total. The molecule has 2 unspecified atom stereocenters. The molecule has 0 bridgehead atoms. The molecule has 0 aliphatic rings. The van der Waals surface area contributed by atoms with Crippen molar-refractivity contribution in [2.24, 2.45) is 11.8 Å². The van der Waals surface area contributed by atoms with E-state index >= 15 is 0 Å². The Kier molecular flexibility index (Phi) is 17.3. The quantitative estimate of drug-likeness (QED) is 0.150. The third-order valence-corrected chi connectivity index (χ3v) is 8.15. The molecule has 4 N–H and O–H groups in total. The van der Waals surface area contributed by atoms with Crippen LogP contribution in [0.3, 0.4) is 0 Å². The minimum Gasteiger partial charge on any atom is -0.354 e. The van der Waals surface area contributed by atoms with Gasteiger partial charge in [-0.1, -0.05) is 79.1 Å². The van der Waals surface area contributed by atoms with Crippen LogP contribution in [0.25, 0.3) is 0 Å². The topological polar surface area (TPSA) is 142 Å². The molecule has 0 aliphatic carbocycles. The molecule has 0 spiro atoms. The highest BCUT2D eigenvalue weighted by Gasteiger charge is 2.27. The van der Waals surface area contributed by atoms with Crippen molar-refractivity contribution in [1.29, 1.82) is 0 Å². The maximum Gasteiger partial charge on any atom is 0.252 e. The lowest BCUT2D eigenvalue weighted by Gasteiger charge is -2.23. The fourth-order valence-electron chi connectivity index (χ4n) is 4.81. The number of amides is 4. The van der Waals surface area contributed by atoms with Crippen LogP contribution < -0.4 is 21.3 Å². The van der Waals surface area contributed by atoms with Gasteiger partial charge in [0, 0.05) is 49.0 Å². The third-order valence-electron chi connectivity index (χ3n) is 8.15. The molecular weight excluding hydrogens is 556 g/mol. The number of unbranched alkanes of at least 4 members (excludes halogenated alkanes) is 7. The van der Waals surface area contributed by atoms with Gasteiger partial charge in [-0.2, -0.15) is 0 Å². The SMILES string of the molecule is CCC(C)[C@H](NC(=O)c1ccncc1)C(=O)NCCCCCCCCCCNC(=O)[C@@H](NC(=O)c1ccncc1)C(C)CC. The van der Waals surface area contributed by atoms with Crippen LogP contribution in [-0.2, 0) is 9.59 Å². The average molecular weight is 609 g/mol. The van der Waals surface area contributed by atoms with Crippen LogP contribution in [0.15, 0.2) is 49.1 Å². The van der Waals surface area contributed by atoms with Gasteiger partial charge >= 0.3 is 0 Å². The van der Waals surface area contributed by atoms with Crippen LogP contribution in [-0.4, -0.2) is 58.8 Å². The fraction of sp³-hybridized carbons (Fsp3) is 0.588. The Morgan fingerprint density at radius 3 is 1.20 bits per heavy atom. The first-order valence-corrected chi connectivity index (χ1v) is 16.3. The maximum absolute atomic E-state index is 12.8. The van der Waals surface area contributed by atoms with E-state index in [1.807, 2.05) is 27.7 Å². The predicted molar refractivity (Wildman–Crippen MR) is 173 cm³/mol. The summed E-state index contributed by atoms with van der Waals surface area (Å²) in [6, 6.07) is 5.40. The van der Waals surface area contributed by atoms with Crippen LogP contribution in [0, 0.1) is 11.8 Å². The van der Waals surface area contributed by atoms with Gasteiger partial charge in [0.05, 0.1) is 0 Å². The highest BCUT2D eigenvalue weighted by Crippen LogP contribution is 2.12. The smallest absolute Gasteiger partial charge is 0.252 e. The Hall–Kier alpha value is -3.82. The molecule has 0 aromatic carbocycles. The maximum atomic E-state index is 12.8.